The average molecular weight is 369 g/mol. The summed E-state index contributed by atoms with van der Waals surface area (Å²) in [4.78, 5) is 29.4. The summed E-state index contributed by atoms with van der Waals surface area (Å²) in [6, 6.07) is 8.70. The Balaban J connectivity index is 1.55. The van der Waals surface area contributed by atoms with E-state index in [-0.39, 0.29) is 24.3 Å². The quantitative estimate of drug-likeness (QED) is 0.875. The number of carbonyl (C=O) groups excluding carboxylic acids is 2. The van der Waals surface area contributed by atoms with Crippen molar-refractivity contribution in [3.05, 3.63) is 30.0 Å². The summed E-state index contributed by atoms with van der Waals surface area (Å²) in [6.07, 6.45) is 1.91. The normalized spacial score (nSPS) is 26.3. The number of benzene rings is 1. The first-order valence-electron chi connectivity index (χ1n) is 9.58. The first-order valence-corrected chi connectivity index (χ1v) is 9.58. The van der Waals surface area contributed by atoms with Crippen molar-refractivity contribution in [2.24, 2.45) is 0 Å². The minimum atomic E-state index is -0.144. The molecule has 2 aliphatic rings. The molecule has 2 saturated heterocycles. The van der Waals surface area contributed by atoms with E-state index in [0.717, 1.165) is 36.8 Å². The van der Waals surface area contributed by atoms with Gasteiger partial charge >= 0.3 is 0 Å². The third-order valence-electron chi connectivity index (χ3n) is 5.89. The van der Waals surface area contributed by atoms with Crippen LogP contribution in [0.15, 0.2) is 24.3 Å². The number of ketones is 1. The van der Waals surface area contributed by atoms with Gasteiger partial charge in [-0.2, -0.15) is 5.10 Å². The predicted molar refractivity (Wildman–Crippen MR) is 104 cm³/mol. The van der Waals surface area contributed by atoms with Crippen LogP contribution in [0, 0.1) is 0 Å². The molecule has 0 radical (unpaired) electrons. The molecular formula is C20H27N5O2. The smallest absolute Gasteiger partial charge is 0.272 e. The van der Waals surface area contributed by atoms with Gasteiger partial charge in [-0.15, -0.1) is 0 Å². The number of amides is 1. The highest BCUT2D eigenvalue weighted by molar-refractivity contribution is 6.05. The molecule has 0 aliphatic carbocycles. The van der Waals surface area contributed by atoms with Gasteiger partial charge in [0.25, 0.3) is 5.91 Å². The van der Waals surface area contributed by atoms with Crippen LogP contribution in [-0.2, 0) is 11.3 Å². The average Bonchev–Trinajstić information content (AvgIpc) is 2.95. The van der Waals surface area contributed by atoms with Gasteiger partial charge in [0, 0.05) is 36.6 Å². The number of hydrogen-bond donors (Lipinski definition) is 1. The first-order chi connectivity index (χ1) is 12.9. The van der Waals surface area contributed by atoms with E-state index in [2.05, 4.69) is 34.3 Å². The summed E-state index contributed by atoms with van der Waals surface area (Å²) in [5.41, 5.74) is 1.23. The summed E-state index contributed by atoms with van der Waals surface area (Å²) in [5, 5.41) is 8.47. The summed E-state index contributed by atoms with van der Waals surface area (Å²) in [5.74, 6) is -0.128. The van der Waals surface area contributed by atoms with Crippen LogP contribution < -0.4 is 5.32 Å². The van der Waals surface area contributed by atoms with Crippen LogP contribution in [0.4, 0.5) is 0 Å². The van der Waals surface area contributed by atoms with Gasteiger partial charge in [-0.3, -0.25) is 19.2 Å². The number of hydrogen-bond acceptors (Lipinski definition) is 5. The number of nitrogens with zero attached hydrogens (tertiary/aromatic N) is 4. The van der Waals surface area contributed by atoms with Crippen molar-refractivity contribution in [2.45, 2.75) is 44.4 Å². The topological polar surface area (TPSA) is 70.5 Å². The molecule has 2 fully saturated rings. The number of fused-ring (bicyclic) bond motifs is 3. The van der Waals surface area contributed by atoms with Crippen molar-refractivity contribution in [2.75, 3.05) is 27.2 Å². The number of para-hydroxylation sites is 1. The maximum absolute atomic E-state index is 13.0. The maximum atomic E-state index is 13.0. The number of nitrogens with one attached hydrogen (secondary N) is 1. The van der Waals surface area contributed by atoms with Crippen LogP contribution in [0.1, 0.15) is 30.3 Å². The first kappa shape index (κ1) is 18.1. The maximum Gasteiger partial charge on any atom is 0.272 e. The lowest BCUT2D eigenvalue weighted by Crippen LogP contribution is -2.63. The standard InChI is InChI=1S/C20H27N5O2/c1-13(26)10-25-18-7-5-4-6-17(18)19(22-25)20(27)21-14-8-15-11-23(2)12-16(9-14)24(15)3/h4-7,14-16H,8-12H2,1-3H3,(H,21,27)/t14?,15-,16+. The zero-order valence-corrected chi connectivity index (χ0v) is 16.2. The minimum Gasteiger partial charge on any atom is -0.348 e. The van der Waals surface area contributed by atoms with Crippen molar-refractivity contribution in [1.82, 2.24) is 24.9 Å². The van der Waals surface area contributed by atoms with Crippen LogP contribution in [0.5, 0.6) is 0 Å². The van der Waals surface area contributed by atoms with Crippen LogP contribution >= 0.6 is 0 Å². The molecule has 144 valence electrons. The number of piperazine rings is 1. The molecule has 2 aliphatic heterocycles. The van der Waals surface area contributed by atoms with Crippen molar-refractivity contribution in [3.8, 4) is 0 Å². The summed E-state index contributed by atoms with van der Waals surface area (Å²) in [7, 11) is 4.36. The minimum absolute atomic E-state index is 0.0162. The molecule has 4 rings (SSSR count). The monoisotopic (exact) mass is 369 g/mol. The van der Waals surface area contributed by atoms with E-state index in [4.69, 9.17) is 0 Å². The number of carbonyl (C=O) groups is 2. The van der Waals surface area contributed by atoms with Gasteiger partial charge in [-0.25, -0.2) is 0 Å². The number of likely N-dealkylation sites (tertiary alicyclic amines) is 1. The van der Waals surface area contributed by atoms with Crippen LogP contribution in [0.2, 0.25) is 0 Å². The van der Waals surface area contributed by atoms with Gasteiger partial charge in [0.05, 0.1) is 12.1 Å². The fraction of sp³-hybridized carbons (Fsp3) is 0.550. The van der Waals surface area contributed by atoms with Gasteiger partial charge in [-0.1, -0.05) is 18.2 Å². The van der Waals surface area contributed by atoms with Crippen molar-refractivity contribution < 1.29 is 9.59 Å². The van der Waals surface area contributed by atoms with Gasteiger partial charge in [0.2, 0.25) is 0 Å². The zero-order valence-electron chi connectivity index (χ0n) is 16.2. The Morgan fingerprint density at radius 2 is 1.81 bits per heavy atom. The Hall–Kier alpha value is -2.25. The Morgan fingerprint density at radius 1 is 1.15 bits per heavy atom. The van der Waals surface area contributed by atoms with Gasteiger partial charge in [-0.05, 0) is 39.9 Å². The lowest BCUT2D eigenvalue weighted by molar-refractivity contribution is -0.117. The van der Waals surface area contributed by atoms with Crippen LogP contribution in [0.25, 0.3) is 10.9 Å². The zero-order chi connectivity index (χ0) is 19.1. The second-order valence-electron chi connectivity index (χ2n) is 8.06. The molecule has 3 atom stereocenters. The number of Topliss-reactive ketones (excluding diaryl/α,β-unsaturated/α-hetero) is 1. The number of likely N-dealkylation sites (N-methyl/N-ethyl adjacent to an activating group) is 2. The Labute approximate surface area is 159 Å². The molecule has 0 spiro atoms. The molecule has 1 aromatic heterocycles. The Bertz CT molecular complexity index is 860. The highest BCUT2D eigenvalue weighted by atomic mass is 16.2. The fourth-order valence-electron chi connectivity index (χ4n) is 4.58. The van der Waals surface area contributed by atoms with Gasteiger partial charge in [0.15, 0.2) is 11.5 Å². The second-order valence-corrected chi connectivity index (χ2v) is 8.06. The molecule has 3 heterocycles. The number of piperidine rings is 1. The lowest BCUT2D eigenvalue weighted by Gasteiger charge is -2.50. The number of aromatic nitrogens is 2. The van der Waals surface area contributed by atoms with E-state index in [1.165, 1.54) is 6.92 Å². The Morgan fingerprint density at radius 3 is 2.48 bits per heavy atom. The second kappa shape index (κ2) is 7.05. The van der Waals surface area contributed by atoms with E-state index >= 15 is 0 Å². The van der Waals surface area contributed by atoms with Crippen molar-refractivity contribution >= 4 is 22.6 Å². The van der Waals surface area contributed by atoms with Gasteiger partial charge in [0.1, 0.15) is 0 Å². The lowest BCUT2D eigenvalue weighted by atomic mass is 9.88. The molecule has 7 nitrogen and oxygen atoms in total. The van der Waals surface area contributed by atoms with E-state index in [9.17, 15) is 9.59 Å². The highest BCUT2D eigenvalue weighted by Crippen LogP contribution is 2.27. The van der Waals surface area contributed by atoms with Gasteiger partial charge < -0.3 is 10.2 Å². The molecule has 1 amide bonds. The molecular weight excluding hydrogens is 342 g/mol. The van der Waals surface area contributed by atoms with Crippen LogP contribution in [0.3, 0.4) is 0 Å². The third kappa shape index (κ3) is 3.49. The van der Waals surface area contributed by atoms with E-state index in [1.807, 2.05) is 24.3 Å². The third-order valence-corrected chi connectivity index (χ3v) is 5.89. The summed E-state index contributed by atoms with van der Waals surface area (Å²) in [6.45, 7) is 3.79. The Kier molecular flexibility index (Phi) is 4.74. The van der Waals surface area contributed by atoms with Crippen LogP contribution in [-0.4, -0.2) is 76.6 Å². The summed E-state index contributed by atoms with van der Waals surface area (Å²) < 4.78 is 1.63. The molecule has 0 saturated carbocycles. The fourth-order valence-corrected chi connectivity index (χ4v) is 4.58. The van der Waals surface area contributed by atoms with E-state index < -0.39 is 0 Å². The molecule has 1 unspecified atom stereocenters. The van der Waals surface area contributed by atoms with E-state index in [1.54, 1.807) is 4.68 Å². The molecule has 2 bridgehead atoms. The van der Waals surface area contributed by atoms with Crippen molar-refractivity contribution in [1.29, 1.82) is 0 Å². The molecule has 1 N–H and O–H groups in total. The number of rotatable bonds is 4. The highest BCUT2D eigenvalue weighted by Gasteiger charge is 2.38. The largest absolute Gasteiger partial charge is 0.348 e. The predicted octanol–water partition coefficient (Wildman–Crippen LogP) is 1.13. The summed E-state index contributed by atoms with van der Waals surface area (Å²) >= 11 is 0. The molecule has 1 aromatic carbocycles. The molecule has 27 heavy (non-hydrogen) atoms. The molecule has 2 aromatic rings. The van der Waals surface area contributed by atoms with Crippen molar-refractivity contribution in [3.63, 3.8) is 0 Å². The molecule has 7 heteroatoms. The van der Waals surface area contributed by atoms with E-state index in [0.29, 0.717) is 17.8 Å². The SMILES string of the molecule is CC(=O)Cn1nc(C(=O)NC2C[C@@H]3CN(C)C[C@H](C2)N3C)c2ccccc21.